The van der Waals surface area contributed by atoms with E-state index in [4.69, 9.17) is 0 Å². The van der Waals surface area contributed by atoms with Gasteiger partial charge in [0, 0.05) is 18.5 Å². The van der Waals surface area contributed by atoms with E-state index in [0.29, 0.717) is 11.7 Å². The Labute approximate surface area is 138 Å². The first-order chi connectivity index (χ1) is 11.1. The van der Waals surface area contributed by atoms with E-state index in [1.54, 1.807) is 0 Å². The summed E-state index contributed by atoms with van der Waals surface area (Å²) in [5, 5.41) is 13.1. The third-order valence-electron chi connectivity index (χ3n) is 3.17. The van der Waals surface area contributed by atoms with Gasteiger partial charge in [-0.25, -0.2) is 9.67 Å². The maximum atomic E-state index is 11.0. The first-order valence-electron chi connectivity index (χ1n) is 7.19. The molecule has 6 nitrogen and oxygen atoms in total. The van der Waals surface area contributed by atoms with Crippen LogP contribution in [0.4, 0.5) is 10.8 Å². The highest BCUT2D eigenvalue weighted by Gasteiger charge is 2.07. The highest BCUT2D eigenvalue weighted by Crippen LogP contribution is 2.21. The van der Waals surface area contributed by atoms with Crippen molar-refractivity contribution in [2.24, 2.45) is 0 Å². The summed E-state index contributed by atoms with van der Waals surface area (Å²) in [6.45, 7) is 4.01. The lowest BCUT2D eigenvalue weighted by Gasteiger charge is -2.11. The Morgan fingerprint density at radius 2 is 2.13 bits per heavy atom. The number of aromatic nitrogens is 3. The molecule has 2 heterocycles. The molecule has 1 aromatic carbocycles. The van der Waals surface area contributed by atoms with E-state index in [1.807, 2.05) is 53.5 Å². The maximum absolute atomic E-state index is 11.0. The lowest BCUT2D eigenvalue weighted by atomic mass is 10.2. The summed E-state index contributed by atoms with van der Waals surface area (Å²) in [7, 11) is 0. The molecule has 3 rings (SSSR count). The van der Waals surface area contributed by atoms with Crippen molar-refractivity contribution in [1.29, 1.82) is 0 Å². The number of aryl methyl sites for hydroxylation is 1. The number of nitrogens with one attached hydrogen (secondary N) is 2. The fourth-order valence-electron chi connectivity index (χ4n) is 2.15. The minimum Gasteiger partial charge on any atom is -0.378 e. The highest BCUT2D eigenvalue weighted by molar-refractivity contribution is 7.13. The summed E-state index contributed by atoms with van der Waals surface area (Å²) in [6, 6.07) is 9.95. The van der Waals surface area contributed by atoms with E-state index in [9.17, 15) is 4.79 Å². The molecule has 118 valence electrons. The Balaban J connectivity index is 1.73. The van der Waals surface area contributed by atoms with E-state index in [2.05, 4.69) is 20.7 Å². The average Bonchev–Trinajstić information content (AvgIpc) is 3.14. The van der Waals surface area contributed by atoms with Crippen LogP contribution in [-0.2, 0) is 11.3 Å². The number of hydrogen-bond acceptors (Lipinski definition) is 5. The molecule has 3 aromatic rings. The molecular weight excluding hydrogens is 310 g/mol. The molecule has 0 unspecified atom stereocenters. The number of para-hydroxylation sites is 2. The summed E-state index contributed by atoms with van der Waals surface area (Å²) in [6.07, 6.45) is 1.94. The number of anilines is 2. The normalized spacial score (nSPS) is 10.5. The Bertz CT molecular complexity index is 823. The predicted octanol–water partition coefficient (Wildman–Crippen LogP) is 3.21. The summed E-state index contributed by atoms with van der Waals surface area (Å²) in [4.78, 5) is 15.4. The zero-order chi connectivity index (χ0) is 16.2. The fourth-order valence-corrected chi connectivity index (χ4v) is 2.91. The molecule has 0 saturated carbocycles. The molecule has 0 aliphatic carbocycles. The summed E-state index contributed by atoms with van der Waals surface area (Å²) >= 11 is 1.42. The van der Waals surface area contributed by atoms with E-state index in [1.165, 1.54) is 18.3 Å². The summed E-state index contributed by atoms with van der Waals surface area (Å²) < 4.78 is 1.85. The second kappa shape index (κ2) is 6.62. The number of carbonyl (C=O) groups excluding carboxylic acids is 1. The van der Waals surface area contributed by atoms with Gasteiger partial charge in [-0.3, -0.25) is 4.79 Å². The number of hydrogen-bond donors (Lipinski definition) is 2. The van der Waals surface area contributed by atoms with Crippen LogP contribution in [-0.4, -0.2) is 20.7 Å². The molecule has 1 amide bonds. The standard InChI is InChI=1S/C16H17N5OS/c1-11-7-8-21(20-11)15-6-4-3-5-14(15)17-9-13-10-23-16(19-13)18-12(2)22/h3-8,10,17H,9H2,1-2H3,(H,18,19,22). The van der Waals surface area contributed by atoms with Crippen LogP contribution >= 0.6 is 11.3 Å². The minimum absolute atomic E-state index is 0.113. The van der Waals surface area contributed by atoms with Crippen LogP contribution in [0.2, 0.25) is 0 Å². The molecular formula is C16H17N5OS. The summed E-state index contributed by atoms with van der Waals surface area (Å²) in [5.74, 6) is -0.113. The number of nitrogens with zero attached hydrogens (tertiary/aromatic N) is 3. The molecule has 2 aromatic heterocycles. The number of carbonyl (C=O) groups is 1. The fraction of sp³-hybridized carbons (Fsp3) is 0.188. The third-order valence-corrected chi connectivity index (χ3v) is 3.97. The van der Waals surface area contributed by atoms with Gasteiger partial charge in [0.2, 0.25) is 5.91 Å². The smallest absolute Gasteiger partial charge is 0.223 e. The molecule has 0 radical (unpaired) electrons. The topological polar surface area (TPSA) is 71.8 Å². The van der Waals surface area contributed by atoms with E-state index < -0.39 is 0 Å². The predicted molar refractivity (Wildman–Crippen MR) is 92.0 cm³/mol. The Morgan fingerprint density at radius 1 is 1.30 bits per heavy atom. The van der Waals surface area contributed by atoms with Crippen molar-refractivity contribution in [2.75, 3.05) is 10.6 Å². The van der Waals surface area contributed by atoms with Crippen molar-refractivity contribution in [2.45, 2.75) is 20.4 Å². The molecule has 2 N–H and O–H groups in total. The maximum Gasteiger partial charge on any atom is 0.223 e. The van der Waals surface area contributed by atoms with E-state index in [0.717, 1.165) is 22.8 Å². The monoisotopic (exact) mass is 327 g/mol. The van der Waals surface area contributed by atoms with Crippen molar-refractivity contribution >= 4 is 28.1 Å². The van der Waals surface area contributed by atoms with Crippen LogP contribution < -0.4 is 10.6 Å². The number of thiazole rings is 1. The lowest BCUT2D eigenvalue weighted by Crippen LogP contribution is -2.07. The van der Waals surface area contributed by atoms with Gasteiger partial charge in [-0.2, -0.15) is 5.10 Å². The largest absolute Gasteiger partial charge is 0.378 e. The molecule has 0 aliphatic heterocycles. The molecule has 7 heteroatoms. The van der Waals surface area contributed by atoms with Gasteiger partial charge in [-0.15, -0.1) is 11.3 Å². The average molecular weight is 327 g/mol. The molecule has 0 bridgehead atoms. The zero-order valence-corrected chi connectivity index (χ0v) is 13.7. The van der Waals surface area contributed by atoms with Crippen LogP contribution in [0.25, 0.3) is 5.69 Å². The van der Waals surface area contributed by atoms with E-state index >= 15 is 0 Å². The van der Waals surface area contributed by atoms with E-state index in [-0.39, 0.29) is 5.91 Å². The summed E-state index contributed by atoms with van der Waals surface area (Å²) in [5.41, 5.74) is 3.81. The van der Waals surface area contributed by atoms with Gasteiger partial charge in [0.05, 0.1) is 29.3 Å². The van der Waals surface area contributed by atoms with Gasteiger partial charge in [0.1, 0.15) is 0 Å². The Morgan fingerprint density at radius 3 is 2.87 bits per heavy atom. The minimum atomic E-state index is -0.113. The van der Waals surface area contributed by atoms with Gasteiger partial charge in [-0.1, -0.05) is 12.1 Å². The second-order valence-electron chi connectivity index (χ2n) is 5.10. The molecule has 0 atom stereocenters. The molecule has 0 saturated heterocycles. The molecule has 0 spiro atoms. The van der Waals surface area contributed by atoms with Gasteiger partial charge >= 0.3 is 0 Å². The lowest BCUT2D eigenvalue weighted by molar-refractivity contribution is -0.114. The zero-order valence-electron chi connectivity index (χ0n) is 12.9. The van der Waals surface area contributed by atoms with Crippen LogP contribution in [0.15, 0.2) is 41.9 Å². The van der Waals surface area contributed by atoms with Crippen molar-refractivity contribution in [3.8, 4) is 5.69 Å². The van der Waals surface area contributed by atoms with Crippen LogP contribution in [0.1, 0.15) is 18.3 Å². The molecule has 0 aliphatic rings. The van der Waals surface area contributed by atoms with Crippen molar-refractivity contribution in [3.05, 3.63) is 53.3 Å². The Kier molecular flexibility index (Phi) is 4.38. The Hall–Kier alpha value is -2.67. The van der Waals surface area contributed by atoms with Crippen molar-refractivity contribution < 1.29 is 4.79 Å². The van der Waals surface area contributed by atoms with Gasteiger partial charge in [0.25, 0.3) is 0 Å². The second-order valence-corrected chi connectivity index (χ2v) is 5.96. The van der Waals surface area contributed by atoms with Crippen molar-refractivity contribution in [1.82, 2.24) is 14.8 Å². The third kappa shape index (κ3) is 3.75. The van der Waals surface area contributed by atoms with Gasteiger partial charge in [-0.05, 0) is 25.1 Å². The molecule has 23 heavy (non-hydrogen) atoms. The van der Waals surface area contributed by atoms with Gasteiger partial charge in [0.15, 0.2) is 5.13 Å². The SMILES string of the molecule is CC(=O)Nc1nc(CNc2ccccc2-n2ccc(C)n2)cs1. The van der Waals surface area contributed by atoms with Crippen LogP contribution in [0, 0.1) is 6.92 Å². The van der Waals surface area contributed by atoms with Crippen LogP contribution in [0.5, 0.6) is 0 Å². The number of amides is 1. The van der Waals surface area contributed by atoms with Gasteiger partial charge < -0.3 is 10.6 Å². The quantitative estimate of drug-likeness (QED) is 0.755. The van der Waals surface area contributed by atoms with Crippen LogP contribution in [0.3, 0.4) is 0 Å². The first kappa shape index (κ1) is 15.2. The first-order valence-corrected chi connectivity index (χ1v) is 8.07. The number of benzene rings is 1. The number of rotatable bonds is 5. The molecule has 0 fully saturated rings. The van der Waals surface area contributed by atoms with Crippen molar-refractivity contribution in [3.63, 3.8) is 0 Å². The highest BCUT2D eigenvalue weighted by atomic mass is 32.1.